The molecule has 152 valence electrons. The lowest BCUT2D eigenvalue weighted by molar-refractivity contribution is -0.134. The summed E-state index contributed by atoms with van der Waals surface area (Å²) < 4.78 is 5.53. The number of carbonyl (C=O) groups is 3. The quantitative estimate of drug-likeness (QED) is 0.604. The van der Waals surface area contributed by atoms with Crippen LogP contribution in [0.3, 0.4) is 0 Å². The van der Waals surface area contributed by atoms with Crippen LogP contribution in [0, 0.1) is 0 Å². The highest BCUT2D eigenvalue weighted by molar-refractivity contribution is 6.09. The van der Waals surface area contributed by atoms with Crippen LogP contribution in [0.5, 0.6) is 0 Å². The second-order valence-corrected chi connectivity index (χ2v) is 6.96. The Morgan fingerprint density at radius 2 is 1.73 bits per heavy atom. The summed E-state index contributed by atoms with van der Waals surface area (Å²) in [5.41, 5.74) is 0.197. The van der Waals surface area contributed by atoms with Gasteiger partial charge in [0.15, 0.2) is 0 Å². The number of rotatable bonds is 6. The van der Waals surface area contributed by atoms with Crippen LogP contribution in [0.4, 0.5) is 4.79 Å². The third kappa shape index (κ3) is 3.64. The number of nitrogens with one attached hydrogen (secondary N) is 2. The summed E-state index contributed by atoms with van der Waals surface area (Å²) in [6.45, 7) is 1.19. The first-order valence-electron chi connectivity index (χ1n) is 9.31. The van der Waals surface area contributed by atoms with E-state index in [0.29, 0.717) is 11.5 Å². The van der Waals surface area contributed by atoms with Crippen molar-refractivity contribution in [3.8, 4) is 11.5 Å². The molecule has 30 heavy (non-hydrogen) atoms. The zero-order valence-electron chi connectivity index (χ0n) is 16.2. The maximum Gasteiger partial charge on any atom is 0.325 e. The average molecular weight is 405 g/mol. The van der Waals surface area contributed by atoms with Gasteiger partial charge in [0.05, 0.1) is 6.54 Å². The molecule has 2 aromatic carbocycles. The molecule has 0 spiro atoms. The molecule has 1 fully saturated rings. The molecule has 0 bridgehead atoms. The topological polar surface area (TPSA) is 117 Å². The zero-order chi connectivity index (χ0) is 21.1. The molecule has 2 N–H and O–H groups in total. The number of nitrogens with zero attached hydrogens (tertiary/aromatic N) is 3. The highest BCUT2D eigenvalue weighted by Crippen LogP contribution is 2.28. The van der Waals surface area contributed by atoms with Gasteiger partial charge in [-0.2, -0.15) is 0 Å². The first-order valence-corrected chi connectivity index (χ1v) is 9.31. The molecule has 0 saturated carbocycles. The van der Waals surface area contributed by atoms with Gasteiger partial charge in [0.25, 0.3) is 5.91 Å². The molecule has 0 radical (unpaired) electrons. The van der Waals surface area contributed by atoms with Crippen molar-refractivity contribution in [1.82, 2.24) is 25.7 Å². The maximum atomic E-state index is 12.8. The summed E-state index contributed by atoms with van der Waals surface area (Å²) in [6, 6.07) is 17.5. The Morgan fingerprint density at radius 1 is 1.07 bits per heavy atom. The summed E-state index contributed by atoms with van der Waals surface area (Å²) in [5, 5.41) is 13.1. The fourth-order valence-corrected chi connectivity index (χ4v) is 3.20. The van der Waals surface area contributed by atoms with Crippen molar-refractivity contribution in [2.24, 2.45) is 0 Å². The Kier molecular flexibility index (Phi) is 5.01. The molecule has 9 heteroatoms. The molecule has 1 aliphatic heterocycles. The van der Waals surface area contributed by atoms with E-state index in [1.807, 2.05) is 36.4 Å². The van der Waals surface area contributed by atoms with Gasteiger partial charge in [-0.3, -0.25) is 14.5 Å². The van der Waals surface area contributed by atoms with E-state index in [0.717, 1.165) is 10.5 Å². The zero-order valence-corrected chi connectivity index (χ0v) is 16.2. The average Bonchev–Trinajstić information content (AvgIpc) is 3.33. The standard InChI is InChI=1S/C21H19N5O4/c1-21(15-10-6-3-7-11-15)19(28)26(20(29)23-21)13-16(27)22-12-17-24-25-18(30-17)14-8-4-2-5-9-14/h2-11H,12-13H2,1H3,(H,22,27)(H,23,29)/t21-/m0/s1. The normalized spacial score (nSPS) is 18.4. The van der Waals surface area contributed by atoms with Crippen molar-refractivity contribution in [3.63, 3.8) is 0 Å². The molecular weight excluding hydrogens is 386 g/mol. The van der Waals surface area contributed by atoms with Crippen LogP contribution >= 0.6 is 0 Å². The predicted molar refractivity (Wildman–Crippen MR) is 106 cm³/mol. The monoisotopic (exact) mass is 405 g/mol. The Bertz CT molecular complexity index is 1080. The second-order valence-electron chi connectivity index (χ2n) is 6.96. The first-order chi connectivity index (χ1) is 14.5. The van der Waals surface area contributed by atoms with E-state index in [-0.39, 0.29) is 12.4 Å². The second kappa shape index (κ2) is 7.78. The van der Waals surface area contributed by atoms with Gasteiger partial charge in [-0.05, 0) is 24.6 Å². The van der Waals surface area contributed by atoms with Crippen LogP contribution in [-0.4, -0.2) is 39.5 Å². The van der Waals surface area contributed by atoms with Crippen LogP contribution in [-0.2, 0) is 21.7 Å². The van der Waals surface area contributed by atoms with Crippen molar-refractivity contribution < 1.29 is 18.8 Å². The van der Waals surface area contributed by atoms with Crippen molar-refractivity contribution >= 4 is 17.8 Å². The van der Waals surface area contributed by atoms with Gasteiger partial charge >= 0.3 is 6.03 Å². The lowest BCUT2D eigenvalue weighted by atomic mass is 9.92. The van der Waals surface area contributed by atoms with Gasteiger partial charge in [-0.15, -0.1) is 10.2 Å². The Balaban J connectivity index is 1.37. The number of hydrogen-bond donors (Lipinski definition) is 2. The lowest BCUT2D eigenvalue weighted by Gasteiger charge is -2.22. The number of carbonyl (C=O) groups excluding carboxylic acids is 3. The smallest absolute Gasteiger partial charge is 0.325 e. The van der Waals surface area contributed by atoms with Gasteiger partial charge in [0, 0.05) is 5.56 Å². The first kappa shape index (κ1) is 19.3. The Hall–Kier alpha value is -4.01. The number of benzene rings is 2. The Labute approximate surface area is 172 Å². The lowest BCUT2D eigenvalue weighted by Crippen LogP contribution is -2.43. The van der Waals surface area contributed by atoms with Gasteiger partial charge in [-0.1, -0.05) is 48.5 Å². The largest absolute Gasteiger partial charge is 0.419 e. The summed E-state index contributed by atoms with van der Waals surface area (Å²) >= 11 is 0. The van der Waals surface area contributed by atoms with Crippen LogP contribution in [0.15, 0.2) is 65.1 Å². The molecule has 1 atom stereocenters. The van der Waals surface area contributed by atoms with E-state index in [1.54, 1.807) is 31.2 Å². The van der Waals surface area contributed by atoms with Gasteiger partial charge in [0.1, 0.15) is 12.1 Å². The van der Waals surface area contributed by atoms with Crippen LogP contribution in [0.1, 0.15) is 18.4 Å². The van der Waals surface area contributed by atoms with E-state index in [2.05, 4.69) is 20.8 Å². The minimum Gasteiger partial charge on any atom is -0.419 e. The highest BCUT2D eigenvalue weighted by Gasteiger charge is 2.49. The van der Waals surface area contributed by atoms with E-state index in [1.165, 1.54) is 0 Å². The fraction of sp³-hybridized carbons (Fsp3) is 0.190. The van der Waals surface area contributed by atoms with Gasteiger partial charge in [-0.25, -0.2) is 4.79 Å². The third-order valence-corrected chi connectivity index (χ3v) is 4.85. The number of aromatic nitrogens is 2. The molecule has 3 aromatic rings. The third-order valence-electron chi connectivity index (χ3n) is 4.85. The SMILES string of the molecule is C[C@@]1(c2ccccc2)NC(=O)N(CC(=O)NCc2nnc(-c3ccccc3)o2)C1=O. The molecule has 0 unspecified atom stereocenters. The minimum absolute atomic E-state index is 0.0156. The van der Waals surface area contributed by atoms with E-state index >= 15 is 0 Å². The van der Waals surface area contributed by atoms with Crippen LogP contribution in [0.2, 0.25) is 0 Å². The highest BCUT2D eigenvalue weighted by atomic mass is 16.4. The molecule has 4 rings (SSSR count). The van der Waals surface area contributed by atoms with Crippen molar-refractivity contribution in [3.05, 3.63) is 72.1 Å². The van der Waals surface area contributed by atoms with Crippen LogP contribution < -0.4 is 10.6 Å². The van der Waals surface area contributed by atoms with Gasteiger partial charge < -0.3 is 15.1 Å². The van der Waals surface area contributed by atoms with E-state index < -0.39 is 29.9 Å². The fourth-order valence-electron chi connectivity index (χ4n) is 3.20. The molecular formula is C21H19N5O4. The molecule has 9 nitrogen and oxygen atoms in total. The van der Waals surface area contributed by atoms with Crippen molar-refractivity contribution in [2.75, 3.05) is 6.54 Å². The predicted octanol–water partition coefficient (Wildman–Crippen LogP) is 1.82. The van der Waals surface area contributed by atoms with E-state index in [9.17, 15) is 14.4 Å². The number of amides is 4. The van der Waals surface area contributed by atoms with E-state index in [4.69, 9.17) is 4.42 Å². The number of urea groups is 1. The summed E-state index contributed by atoms with van der Waals surface area (Å²) in [6.07, 6.45) is 0. The minimum atomic E-state index is -1.21. The molecule has 4 amide bonds. The molecule has 1 aliphatic rings. The molecule has 1 aromatic heterocycles. The summed E-state index contributed by atoms with van der Waals surface area (Å²) in [4.78, 5) is 38.4. The molecule has 1 saturated heterocycles. The van der Waals surface area contributed by atoms with Crippen molar-refractivity contribution in [2.45, 2.75) is 19.0 Å². The van der Waals surface area contributed by atoms with Crippen molar-refractivity contribution in [1.29, 1.82) is 0 Å². The maximum absolute atomic E-state index is 12.8. The Morgan fingerprint density at radius 3 is 2.43 bits per heavy atom. The molecule has 2 heterocycles. The number of imide groups is 1. The van der Waals surface area contributed by atoms with Crippen LogP contribution in [0.25, 0.3) is 11.5 Å². The summed E-state index contributed by atoms with van der Waals surface area (Å²) in [5.74, 6) is -0.450. The van der Waals surface area contributed by atoms with Gasteiger partial charge in [0.2, 0.25) is 17.7 Å². The number of hydrogen-bond acceptors (Lipinski definition) is 6. The summed E-state index contributed by atoms with van der Waals surface area (Å²) in [7, 11) is 0. The molecule has 0 aliphatic carbocycles.